The van der Waals surface area contributed by atoms with Crippen LogP contribution in [0.2, 0.25) is 0 Å². The van der Waals surface area contributed by atoms with Crippen molar-refractivity contribution in [3.8, 4) is 0 Å². The van der Waals surface area contributed by atoms with E-state index in [-0.39, 0.29) is 0 Å². The number of rotatable bonds is 6. The van der Waals surface area contributed by atoms with Gasteiger partial charge in [-0.05, 0) is 36.6 Å². The van der Waals surface area contributed by atoms with Crippen LogP contribution in [0.5, 0.6) is 0 Å². The second-order valence-corrected chi connectivity index (χ2v) is 7.00. The summed E-state index contributed by atoms with van der Waals surface area (Å²) in [6.07, 6.45) is 10.4. The van der Waals surface area contributed by atoms with Gasteiger partial charge in [0.15, 0.2) is 0 Å². The van der Waals surface area contributed by atoms with Crippen molar-refractivity contribution in [2.75, 3.05) is 12.8 Å². The summed E-state index contributed by atoms with van der Waals surface area (Å²) in [5.41, 5.74) is 2.83. The summed E-state index contributed by atoms with van der Waals surface area (Å²) >= 11 is 2.07. The van der Waals surface area contributed by atoms with Crippen LogP contribution in [0.3, 0.4) is 0 Å². The number of benzene rings is 1. The Morgan fingerprint density at radius 3 is 2.26 bits per heavy atom. The molecule has 19 heavy (non-hydrogen) atoms. The number of thioether (sulfide) groups is 1. The van der Waals surface area contributed by atoms with Gasteiger partial charge in [-0.15, -0.1) is 0 Å². The Morgan fingerprint density at radius 2 is 1.68 bits per heavy atom. The molecule has 1 nitrogen and oxygen atoms in total. The first-order chi connectivity index (χ1) is 9.28. The van der Waals surface area contributed by atoms with Gasteiger partial charge in [-0.2, -0.15) is 11.8 Å². The SMILES string of the molecule is CCc1ccc(CNCC2(SC)CCCCC2)cc1. The molecule has 2 rings (SSSR count). The van der Waals surface area contributed by atoms with Gasteiger partial charge in [-0.25, -0.2) is 0 Å². The third-order valence-corrected chi connectivity index (χ3v) is 5.82. The van der Waals surface area contributed by atoms with Crippen molar-refractivity contribution >= 4 is 11.8 Å². The van der Waals surface area contributed by atoms with Crippen LogP contribution in [0.25, 0.3) is 0 Å². The normalized spacial score (nSPS) is 18.4. The van der Waals surface area contributed by atoms with E-state index in [1.807, 2.05) is 0 Å². The standard InChI is InChI=1S/C17H27NS/c1-3-15-7-9-16(10-8-15)13-18-14-17(19-2)11-5-4-6-12-17/h7-10,18H,3-6,11-14H2,1-2H3. The zero-order valence-corrected chi connectivity index (χ0v) is 13.2. The highest BCUT2D eigenvalue weighted by molar-refractivity contribution is 8.00. The van der Waals surface area contributed by atoms with E-state index in [2.05, 4.69) is 54.5 Å². The van der Waals surface area contributed by atoms with Gasteiger partial charge in [0.2, 0.25) is 0 Å². The van der Waals surface area contributed by atoms with Gasteiger partial charge in [0, 0.05) is 17.8 Å². The van der Waals surface area contributed by atoms with Crippen molar-refractivity contribution in [1.29, 1.82) is 0 Å². The van der Waals surface area contributed by atoms with E-state index < -0.39 is 0 Å². The second kappa shape index (κ2) is 7.35. The number of hydrogen-bond donors (Lipinski definition) is 1. The minimum Gasteiger partial charge on any atom is -0.311 e. The van der Waals surface area contributed by atoms with Gasteiger partial charge < -0.3 is 5.32 Å². The van der Waals surface area contributed by atoms with Crippen molar-refractivity contribution in [2.24, 2.45) is 0 Å². The third-order valence-electron chi connectivity index (χ3n) is 4.41. The van der Waals surface area contributed by atoms with Gasteiger partial charge in [0.05, 0.1) is 0 Å². The zero-order valence-electron chi connectivity index (χ0n) is 12.4. The predicted octanol–water partition coefficient (Wildman–Crippen LogP) is 4.40. The molecule has 1 aromatic rings. The average molecular weight is 277 g/mol. The first-order valence-electron chi connectivity index (χ1n) is 7.62. The Labute approximate surface area is 122 Å². The number of nitrogens with one attached hydrogen (secondary N) is 1. The van der Waals surface area contributed by atoms with Crippen LogP contribution < -0.4 is 5.32 Å². The molecule has 0 radical (unpaired) electrons. The van der Waals surface area contributed by atoms with E-state index >= 15 is 0 Å². The molecular formula is C17H27NS. The molecule has 1 aromatic carbocycles. The lowest BCUT2D eigenvalue weighted by Crippen LogP contribution is -2.39. The highest BCUT2D eigenvalue weighted by Crippen LogP contribution is 2.37. The Bertz CT molecular complexity index is 365. The molecule has 106 valence electrons. The highest BCUT2D eigenvalue weighted by Gasteiger charge is 2.30. The Morgan fingerprint density at radius 1 is 1.05 bits per heavy atom. The van der Waals surface area contributed by atoms with Crippen LogP contribution in [0, 0.1) is 0 Å². The molecule has 0 bridgehead atoms. The topological polar surface area (TPSA) is 12.0 Å². The first kappa shape index (κ1) is 14.9. The molecule has 0 aliphatic heterocycles. The van der Waals surface area contributed by atoms with Gasteiger partial charge in [-0.1, -0.05) is 50.5 Å². The molecule has 1 aliphatic carbocycles. The predicted molar refractivity (Wildman–Crippen MR) is 86.9 cm³/mol. The highest BCUT2D eigenvalue weighted by atomic mass is 32.2. The molecule has 0 atom stereocenters. The van der Waals surface area contributed by atoms with E-state index in [1.165, 1.54) is 43.2 Å². The van der Waals surface area contributed by atoms with E-state index in [1.54, 1.807) is 0 Å². The summed E-state index contributed by atoms with van der Waals surface area (Å²) in [5.74, 6) is 0. The molecule has 0 heterocycles. The Hall–Kier alpha value is -0.470. The summed E-state index contributed by atoms with van der Waals surface area (Å²) < 4.78 is 0.502. The molecule has 1 saturated carbocycles. The van der Waals surface area contributed by atoms with Crippen LogP contribution >= 0.6 is 11.8 Å². The fourth-order valence-corrected chi connectivity index (χ4v) is 3.92. The number of aryl methyl sites for hydroxylation is 1. The van der Waals surface area contributed by atoms with Crippen molar-refractivity contribution in [1.82, 2.24) is 5.32 Å². The maximum Gasteiger partial charge on any atom is 0.0281 e. The lowest BCUT2D eigenvalue weighted by Gasteiger charge is -2.36. The van der Waals surface area contributed by atoms with E-state index in [4.69, 9.17) is 0 Å². The van der Waals surface area contributed by atoms with Crippen molar-refractivity contribution in [3.63, 3.8) is 0 Å². The first-order valence-corrected chi connectivity index (χ1v) is 8.84. The second-order valence-electron chi connectivity index (χ2n) is 5.72. The van der Waals surface area contributed by atoms with Crippen LogP contribution in [0.1, 0.15) is 50.2 Å². The van der Waals surface area contributed by atoms with Crippen LogP contribution in [0.4, 0.5) is 0 Å². The molecule has 0 unspecified atom stereocenters. The molecule has 0 saturated heterocycles. The fourth-order valence-electron chi connectivity index (χ4n) is 2.98. The largest absolute Gasteiger partial charge is 0.311 e. The maximum atomic E-state index is 3.68. The quantitative estimate of drug-likeness (QED) is 0.827. The fraction of sp³-hybridized carbons (Fsp3) is 0.647. The summed E-state index contributed by atoms with van der Waals surface area (Å²) in [4.78, 5) is 0. The molecule has 0 aromatic heterocycles. The van der Waals surface area contributed by atoms with Gasteiger partial charge in [0.1, 0.15) is 0 Å². The van der Waals surface area contributed by atoms with E-state index in [0.29, 0.717) is 4.75 Å². The van der Waals surface area contributed by atoms with Crippen molar-refractivity contribution in [2.45, 2.75) is 56.7 Å². The van der Waals surface area contributed by atoms with Crippen molar-refractivity contribution < 1.29 is 0 Å². The molecular weight excluding hydrogens is 250 g/mol. The summed E-state index contributed by atoms with van der Waals surface area (Å²) in [7, 11) is 0. The summed E-state index contributed by atoms with van der Waals surface area (Å²) in [5, 5.41) is 3.68. The minimum atomic E-state index is 0.502. The molecule has 1 N–H and O–H groups in total. The maximum absolute atomic E-state index is 3.68. The third kappa shape index (κ3) is 4.25. The van der Waals surface area contributed by atoms with Crippen molar-refractivity contribution in [3.05, 3.63) is 35.4 Å². The van der Waals surface area contributed by atoms with Gasteiger partial charge >= 0.3 is 0 Å². The number of hydrogen-bond acceptors (Lipinski definition) is 2. The molecule has 1 aliphatic rings. The smallest absolute Gasteiger partial charge is 0.0281 e. The Kier molecular flexibility index (Phi) is 5.77. The monoisotopic (exact) mass is 277 g/mol. The lowest BCUT2D eigenvalue weighted by atomic mass is 9.88. The summed E-state index contributed by atoms with van der Waals surface area (Å²) in [6.45, 7) is 4.37. The molecule has 0 amide bonds. The molecule has 0 spiro atoms. The summed E-state index contributed by atoms with van der Waals surface area (Å²) in [6, 6.07) is 9.03. The molecule has 1 fully saturated rings. The van der Waals surface area contributed by atoms with Gasteiger partial charge in [0.25, 0.3) is 0 Å². The average Bonchev–Trinajstić information content (AvgIpc) is 2.49. The minimum absolute atomic E-state index is 0.502. The Balaban J connectivity index is 1.81. The zero-order chi connectivity index (χ0) is 13.6. The van der Waals surface area contributed by atoms with Gasteiger partial charge in [-0.3, -0.25) is 0 Å². The van der Waals surface area contributed by atoms with Crippen LogP contribution in [0.15, 0.2) is 24.3 Å². The molecule has 2 heteroatoms. The van der Waals surface area contributed by atoms with Crippen LogP contribution in [-0.4, -0.2) is 17.5 Å². The van der Waals surface area contributed by atoms with E-state index in [9.17, 15) is 0 Å². The lowest BCUT2D eigenvalue weighted by molar-refractivity contribution is 0.379. The van der Waals surface area contributed by atoms with Crippen LogP contribution in [-0.2, 0) is 13.0 Å². The van der Waals surface area contributed by atoms with E-state index in [0.717, 1.165) is 19.5 Å².